The van der Waals surface area contributed by atoms with Crippen LogP contribution in [0.15, 0.2) is 30.3 Å². The van der Waals surface area contributed by atoms with E-state index >= 15 is 0 Å². The van der Waals surface area contributed by atoms with Crippen LogP contribution in [0, 0.1) is 11.8 Å². The molecule has 0 spiro atoms. The van der Waals surface area contributed by atoms with Crippen LogP contribution in [-0.2, 0) is 0 Å². The molecule has 80 valence electrons. The number of nitrogens with two attached hydrogens (primary N) is 1. The molecule has 1 atom stereocenters. The van der Waals surface area contributed by atoms with Gasteiger partial charge in [0.1, 0.15) is 12.4 Å². The molecule has 1 rings (SSSR count). The highest BCUT2D eigenvalue weighted by atomic mass is 16.5. The lowest BCUT2D eigenvalue weighted by molar-refractivity contribution is 0.283. The van der Waals surface area contributed by atoms with E-state index < -0.39 is 0 Å². The maximum Gasteiger partial charge on any atom is 0.119 e. The standard InChI is InChI=1S/C13H17NO/c1-2-3-5-8-12(14)11-15-13-9-6-4-7-10-13/h4,6-7,9-10,12H,5,8,11,14H2,1H3. The minimum absolute atomic E-state index is 0.0612. The number of hydrogen-bond acceptors (Lipinski definition) is 2. The Labute approximate surface area is 91.4 Å². The third kappa shape index (κ3) is 5.09. The van der Waals surface area contributed by atoms with Crippen LogP contribution in [0.4, 0.5) is 0 Å². The molecule has 0 aliphatic rings. The third-order valence-electron chi connectivity index (χ3n) is 2.02. The summed E-state index contributed by atoms with van der Waals surface area (Å²) in [6.45, 7) is 2.39. The molecule has 0 bridgehead atoms. The molecule has 1 aromatic rings. The molecule has 0 saturated heterocycles. The molecule has 0 aliphatic heterocycles. The Balaban J connectivity index is 2.21. The second-order valence-electron chi connectivity index (χ2n) is 3.35. The number of ether oxygens (including phenoxy) is 1. The summed E-state index contributed by atoms with van der Waals surface area (Å²) in [5, 5.41) is 0. The second-order valence-corrected chi connectivity index (χ2v) is 3.35. The fourth-order valence-corrected chi connectivity index (χ4v) is 1.19. The largest absolute Gasteiger partial charge is 0.492 e. The molecule has 0 aromatic heterocycles. The van der Waals surface area contributed by atoms with Crippen molar-refractivity contribution >= 4 is 0 Å². The maximum atomic E-state index is 5.87. The summed E-state index contributed by atoms with van der Waals surface area (Å²) in [4.78, 5) is 0. The van der Waals surface area contributed by atoms with Gasteiger partial charge in [0.25, 0.3) is 0 Å². The molecule has 0 amide bonds. The maximum absolute atomic E-state index is 5.87. The number of rotatable bonds is 5. The Morgan fingerprint density at radius 3 is 2.73 bits per heavy atom. The van der Waals surface area contributed by atoms with E-state index in [-0.39, 0.29) is 6.04 Å². The third-order valence-corrected chi connectivity index (χ3v) is 2.02. The SMILES string of the molecule is CC#CCCC(N)COc1ccccc1. The van der Waals surface area contributed by atoms with E-state index in [1.807, 2.05) is 37.3 Å². The lowest BCUT2D eigenvalue weighted by Gasteiger charge is -2.11. The van der Waals surface area contributed by atoms with Crippen molar-refractivity contribution in [3.05, 3.63) is 30.3 Å². The van der Waals surface area contributed by atoms with E-state index in [1.165, 1.54) is 0 Å². The summed E-state index contributed by atoms with van der Waals surface area (Å²) in [5.74, 6) is 6.71. The van der Waals surface area contributed by atoms with Gasteiger partial charge < -0.3 is 10.5 Å². The molecule has 2 nitrogen and oxygen atoms in total. The van der Waals surface area contributed by atoms with E-state index in [1.54, 1.807) is 0 Å². The Hall–Kier alpha value is -1.46. The molecule has 1 aromatic carbocycles. The van der Waals surface area contributed by atoms with Gasteiger partial charge in [0.15, 0.2) is 0 Å². The van der Waals surface area contributed by atoms with Crippen molar-refractivity contribution in [2.45, 2.75) is 25.8 Å². The van der Waals surface area contributed by atoms with Crippen LogP contribution in [0.1, 0.15) is 19.8 Å². The van der Waals surface area contributed by atoms with Crippen LogP contribution in [0.5, 0.6) is 5.75 Å². The molecule has 2 N–H and O–H groups in total. The first kappa shape index (κ1) is 11.6. The molecule has 0 fully saturated rings. The minimum atomic E-state index is 0.0612. The molecule has 0 aliphatic carbocycles. The van der Waals surface area contributed by atoms with Crippen LogP contribution in [0.25, 0.3) is 0 Å². The summed E-state index contributed by atoms with van der Waals surface area (Å²) in [7, 11) is 0. The van der Waals surface area contributed by atoms with Gasteiger partial charge in [-0.2, -0.15) is 0 Å². The monoisotopic (exact) mass is 203 g/mol. The van der Waals surface area contributed by atoms with E-state index in [4.69, 9.17) is 10.5 Å². The molecule has 1 unspecified atom stereocenters. The summed E-state index contributed by atoms with van der Waals surface area (Å²) < 4.78 is 5.53. The zero-order valence-electron chi connectivity index (χ0n) is 9.07. The normalized spacial score (nSPS) is 11.3. The number of hydrogen-bond donors (Lipinski definition) is 1. The van der Waals surface area contributed by atoms with Crippen LogP contribution < -0.4 is 10.5 Å². The average molecular weight is 203 g/mol. The Morgan fingerprint density at radius 2 is 2.07 bits per heavy atom. The quantitative estimate of drug-likeness (QED) is 0.744. The van der Waals surface area contributed by atoms with Gasteiger partial charge in [0.05, 0.1) is 0 Å². The van der Waals surface area contributed by atoms with Gasteiger partial charge in [-0.3, -0.25) is 0 Å². The number of benzene rings is 1. The van der Waals surface area contributed by atoms with Crippen LogP contribution >= 0.6 is 0 Å². The van der Waals surface area contributed by atoms with Crippen LogP contribution in [-0.4, -0.2) is 12.6 Å². The zero-order valence-corrected chi connectivity index (χ0v) is 9.07. The van der Waals surface area contributed by atoms with Gasteiger partial charge in [0, 0.05) is 12.5 Å². The minimum Gasteiger partial charge on any atom is -0.492 e. The van der Waals surface area contributed by atoms with Crippen LogP contribution in [0.3, 0.4) is 0 Å². The van der Waals surface area contributed by atoms with Gasteiger partial charge in [-0.25, -0.2) is 0 Å². The van der Waals surface area contributed by atoms with Gasteiger partial charge in [-0.15, -0.1) is 11.8 Å². The summed E-state index contributed by atoms with van der Waals surface area (Å²) >= 11 is 0. The fourth-order valence-electron chi connectivity index (χ4n) is 1.19. The predicted octanol–water partition coefficient (Wildman–Crippen LogP) is 2.20. The Kier molecular flexibility index (Phi) is 5.35. The first-order chi connectivity index (χ1) is 7.33. The highest BCUT2D eigenvalue weighted by Crippen LogP contribution is 2.08. The number of para-hydroxylation sites is 1. The van der Waals surface area contributed by atoms with Gasteiger partial charge >= 0.3 is 0 Å². The van der Waals surface area contributed by atoms with E-state index in [0.29, 0.717) is 6.61 Å². The van der Waals surface area contributed by atoms with Gasteiger partial charge in [-0.05, 0) is 25.5 Å². The summed E-state index contributed by atoms with van der Waals surface area (Å²) in [6.07, 6.45) is 1.73. The van der Waals surface area contributed by atoms with E-state index in [0.717, 1.165) is 18.6 Å². The lowest BCUT2D eigenvalue weighted by atomic mass is 10.2. The first-order valence-corrected chi connectivity index (χ1v) is 5.16. The van der Waals surface area contributed by atoms with Crippen molar-refractivity contribution < 1.29 is 4.74 Å². The smallest absolute Gasteiger partial charge is 0.119 e. The van der Waals surface area contributed by atoms with Crippen molar-refractivity contribution in [1.29, 1.82) is 0 Å². The van der Waals surface area contributed by atoms with Crippen molar-refractivity contribution in [3.8, 4) is 17.6 Å². The second kappa shape index (κ2) is 6.92. The fraction of sp³-hybridized carbons (Fsp3) is 0.385. The van der Waals surface area contributed by atoms with E-state index in [9.17, 15) is 0 Å². The molecule has 0 heterocycles. The van der Waals surface area contributed by atoms with Gasteiger partial charge in [-0.1, -0.05) is 18.2 Å². The Bertz CT molecular complexity index is 323. The topological polar surface area (TPSA) is 35.2 Å². The first-order valence-electron chi connectivity index (χ1n) is 5.16. The predicted molar refractivity (Wildman–Crippen MR) is 62.6 cm³/mol. The zero-order chi connectivity index (χ0) is 10.9. The van der Waals surface area contributed by atoms with E-state index in [2.05, 4.69) is 11.8 Å². The highest BCUT2D eigenvalue weighted by Gasteiger charge is 2.01. The van der Waals surface area contributed by atoms with Crippen LogP contribution in [0.2, 0.25) is 0 Å². The van der Waals surface area contributed by atoms with Crippen molar-refractivity contribution in [2.24, 2.45) is 5.73 Å². The van der Waals surface area contributed by atoms with Crippen molar-refractivity contribution in [3.63, 3.8) is 0 Å². The molecule has 15 heavy (non-hydrogen) atoms. The van der Waals surface area contributed by atoms with Crippen molar-refractivity contribution in [2.75, 3.05) is 6.61 Å². The molecule has 2 heteroatoms. The molecule has 0 saturated carbocycles. The summed E-state index contributed by atoms with van der Waals surface area (Å²) in [5.41, 5.74) is 5.87. The molecular formula is C13H17NO. The average Bonchev–Trinajstić information content (AvgIpc) is 2.28. The molecular weight excluding hydrogens is 186 g/mol. The lowest BCUT2D eigenvalue weighted by Crippen LogP contribution is -2.27. The van der Waals surface area contributed by atoms with Crippen molar-refractivity contribution in [1.82, 2.24) is 0 Å². The highest BCUT2D eigenvalue weighted by molar-refractivity contribution is 5.20. The van der Waals surface area contributed by atoms with Gasteiger partial charge in [0.2, 0.25) is 0 Å². The molecule has 0 radical (unpaired) electrons. The summed E-state index contributed by atoms with van der Waals surface area (Å²) in [6, 6.07) is 9.78. The Morgan fingerprint density at radius 1 is 1.33 bits per heavy atom.